The fraction of sp³-hybridized carbons (Fsp3) is 0.417. The fourth-order valence-electron chi connectivity index (χ4n) is 4.09. The van der Waals surface area contributed by atoms with Gasteiger partial charge in [-0.2, -0.15) is 5.26 Å². The predicted molar refractivity (Wildman–Crippen MR) is 127 cm³/mol. The second kappa shape index (κ2) is 9.22. The van der Waals surface area contributed by atoms with Gasteiger partial charge in [0, 0.05) is 29.8 Å². The Morgan fingerprint density at radius 2 is 2.00 bits per heavy atom. The molecule has 1 aliphatic rings. The van der Waals surface area contributed by atoms with E-state index in [1.807, 2.05) is 43.5 Å². The molecule has 1 fully saturated rings. The summed E-state index contributed by atoms with van der Waals surface area (Å²) in [7, 11) is -3.90. The molecule has 1 saturated carbocycles. The molecule has 7 nitrogen and oxygen atoms in total. The van der Waals surface area contributed by atoms with Crippen molar-refractivity contribution in [3.63, 3.8) is 0 Å². The lowest BCUT2D eigenvalue weighted by Crippen LogP contribution is -2.38. The zero-order valence-electron chi connectivity index (χ0n) is 19.2. The van der Waals surface area contributed by atoms with Crippen LogP contribution in [0, 0.1) is 11.3 Å². The number of sulfonamides is 1. The van der Waals surface area contributed by atoms with E-state index in [0.717, 1.165) is 10.9 Å². The molecule has 0 spiro atoms. The Balaban J connectivity index is 1.79. The topological polar surface area (TPSA) is 88.2 Å². The average Bonchev–Trinajstić information content (AvgIpc) is 3.60. The number of hydrogen-bond acceptors (Lipinski definition) is 5. The van der Waals surface area contributed by atoms with E-state index in [9.17, 15) is 22.5 Å². The number of benzene rings is 1. The second-order valence-corrected chi connectivity index (χ2v) is 10.6. The third kappa shape index (κ3) is 4.44. The highest BCUT2D eigenvalue weighted by atomic mass is 32.2. The highest BCUT2D eigenvalue weighted by molar-refractivity contribution is 7.93. The van der Waals surface area contributed by atoms with E-state index < -0.39 is 28.2 Å². The van der Waals surface area contributed by atoms with Crippen molar-refractivity contribution in [1.29, 1.82) is 5.26 Å². The van der Waals surface area contributed by atoms with Gasteiger partial charge in [0.25, 0.3) is 6.43 Å². The van der Waals surface area contributed by atoms with Gasteiger partial charge in [-0.15, -0.1) is 0 Å². The molecule has 0 bridgehead atoms. The Labute approximate surface area is 197 Å². The Morgan fingerprint density at radius 3 is 2.53 bits per heavy atom. The summed E-state index contributed by atoms with van der Waals surface area (Å²) in [6.07, 6.45) is -0.472. The molecule has 10 heteroatoms. The normalized spacial score (nSPS) is 14.1. The molecule has 0 N–H and O–H groups in total. The van der Waals surface area contributed by atoms with Crippen LogP contribution in [0.4, 0.5) is 14.6 Å². The van der Waals surface area contributed by atoms with E-state index in [1.54, 1.807) is 6.07 Å². The van der Waals surface area contributed by atoms with Crippen molar-refractivity contribution in [1.82, 2.24) is 9.55 Å². The van der Waals surface area contributed by atoms with Gasteiger partial charge >= 0.3 is 0 Å². The molecule has 0 amide bonds. The fourth-order valence-corrected chi connectivity index (χ4v) is 5.87. The maximum absolute atomic E-state index is 13.2. The lowest BCUT2D eigenvalue weighted by molar-refractivity contribution is 0.159. The number of aryl methyl sites for hydroxylation is 1. The summed E-state index contributed by atoms with van der Waals surface area (Å²) < 4.78 is 60.2. The summed E-state index contributed by atoms with van der Waals surface area (Å²) in [4.78, 5) is 4.23. The summed E-state index contributed by atoms with van der Waals surface area (Å²) in [6.45, 7) is 5.44. The van der Waals surface area contributed by atoms with E-state index in [0.29, 0.717) is 46.3 Å². The van der Waals surface area contributed by atoms with Crippen LogP contribution in [0.3, 0.4) is 0 Å². The first kappa shape index (κ1) is 24.0. The highest BCUT2D eigenvalue weighted by Gasteiger charge is 2.41. The monoisotopic (exact) mass is 488 g/mol. The number of halogens is 2. The molecule has 0 unspecified atom stereocenters. The molecule has 0 radical (unpaired) electrons. The number of rotatable bonds is 9. The molecule has 180 valence electrons. The van der Waals surface area contributed by atoms with Crippen LogP contribution in [0.25, 0.3) is 22.2 Å². The van der Waals surface area contributed by atoms with E-state index >= 15 is 0 Å². The molecule has 1 aromatic carbocycles. The first-order valence-corrected chi connectivity index (χ1v) is 12.7. The van der Waals surface area contributed by atoms with Gasteiger partial charge in [-0.25, -0.2) is 26.5 Å². The molecule has 0 aliphatic heterocycles. The van der Waals surface area contributed by atoms with Crippen molar-refractivity contribution in [2.75, 3.05) is 10.8 Å². The van der Waals surface area contributed by atoms with Gasteiger partial charge in [0.15, 0.2) is 0 Å². The maximum atomic E-state index is 13.2. The number of ether oxygens (including phenoxy) is 1. The number of nitrogens with zero attached hydrogens (tertiary/aromatic N) is 4. The zero-order valence-corrected chi connectivity index (χ0v) is 20.0. The standard InChI is InChI=1S/C24H26F2N4O3S/c1-4-29-21-11-17(33-15(2)3)6-9-19(21)20(12-27)24(29)16-5-10-23(28-13-16)30(14-22(25)26)34(31,32)18-7-8-18/h5-6,9-11,13,15,18,22H,4,7-8,14H2,1-3H3. The van der Waals surface area contributed by atoms with Gasteiger partial charge in [-0.05, 0) is 57.9 Å². The number of hydrogen-bond donors (Lipinski definition) is 0. The van der Waals surface area contributed by atoms with Crippen molar-refractivity contribution in [3.8, 4) is 23.1 Å². The largest absolute Gasteiger partial charge is 0.491 e. The summed E-state index contributed by atoms with van der Waals surface area (Å²) in [6, 6.07) is 10.9. The molecule has 34 heavy (non-hydrogen) atoms. The zero-order chi connectivity index (χ0) is 24.6. The number of fused-ring (bicyclic) bond motifs is 1. The average molecular weight is 489 g/mol. The van der Waals surface area contributed by atoms with E-state index in [2.05, 4.69) is 11.1 Å². The lowest BCUT2D eigenvalue weighted by Gasteiger charge is -2.23. The van der Waals surface area contributed by atoms with Crippen LogP contribution in [0.15, 0.2) is 36.5 Å². The third-order valence-corrected chi connectivity index (χ3v) is 7.93. The molecule has 3 aromatic rings. The van der Waals surface area contributed by atoms with Crippen LogP contribution in [-0.4, -0.2) is 42.3 Å². The molecule has 4 rings (SSSR count). The van der Waals surface area contributed by atoms with Crippen molar-refractivity contribution in [2.45, 2.75) is 57.9 Å². The molecular formula is C24H26F2N4O3S. The molecule has 0 atom stereocenters. The maximum Gasteiger partial charge on any atom is 0.257 e. The quantitative estimate of drug-likeness (QED) is 0.425. The van der Waals surface area contributed by atoms with Crippen molar-refractivity contribution in [3.05, 3.63) is 42.1 Å². The van der Waals surface area contributed by atoms with E-state index in [-0.39, 0.29) is 11.9 Å². The van der Waals surface area contributed by atoms with Crippen molar-refractivity contribution < 1.29 is 21.9 Å². The Hall–Kier alpha value is -3.19. The minimum absolute atomic E-state index is 0.00255. The number of pyridine rings is 1. The molecular weight excluding hydrogens is 462 g/mol. The minimum atomic E-state index is -3.90. The van der Waals surface area contributed by atoms with Gasteiger partial charge in [-0.3, -0.25) is 0 Å². The van der Waals surface area contributed by atoms with Crippen LogP contribution in [0.5, 0.6) is 5.75 Å². The van der Waals surface area contributed by atoms with Crippen LogP contribution in [0.2, 0.25) is 0 Å². The Morgan fingerprint density at radius 1 is 1.26 bits per heavy atom. The van der Waals surface area contributed by atoms with Gasteiger partial charge < -0.3 is 9.30 Å². The van der Waals surface area contributed by atoms with Crippen LogP contribution in [-0.2, 0) is 16.6 Å². The SMILES string of the molecule is CCn1c(-c2ccc(N(CC(F)F)S(=O)(=O)C3CC3)nc2)c(C#N)c2ccc(OC(C)C)cc21. The molecule has 0 saturated heterocycles. The van der Waals surface area contributed by atoms with Gasteiger partial charge in [0.2, 0.25) is 10.0 Å². The number of anilines is 1. The Bertz CT molecular complexity index is 1340. The second-order valence-electron chi connectivity index (χ2n) is 8.50. The predicted octanol–water partition coefficient (Wildman–Crippen LogP) is 4.95. The third-order valence-electron chi connectivity index (χ3n) is 5.67. The lowest BCUT2D eigenvalue weighted by atomic mass is 10.1. The van der Waals surface area contributed by atoms with Crippen molar-refractivity contribution >= 4 is 26.7 Å². The summed E-state index contributed by atoms with van der Waals surface area (Å²) in [5.41, 5.74) is 2.50. The van der Waals surface area contributed by atoms with E-state index in [1.165, 1.54) is 12.3 Å². The molecule has 1 aliphatic carbocycles. The minimum Gasteiger partial charge on any atom is -0.491 e. The van der Waals surface area contributed by atoms with Crippen LogP contribution >= 0.6 is 0 Å². The first-order chi connectivity index (χ1) is 16.2. The van der Waals surface area contributed by atoms with E-state index in [4.69, 9.17) is 4.74 Å². The first-order valence-electron chi connectivity index (χ1n) is 11.2. The van der Waals surface area contributed by atoms with Gasteiger partial charge in [0.05, 0.1) is 34.7 Å². The van der Waals surface area contributed by atoms with Crippen LogP contribution in [0.1, 0.15) is 39.2 Å². The summed E-state index contributed by atoms with van der Waals surface area (Å²) in [5, 5.41) is 10.1. The Kier molecular flexibility index (Phi) is 6.49. The van der Waals surface area contributed by atoms with Gasteiger partial charge in [-0.1, -0.05) is 0 Å². The molecule has 2 aromatic heterocycles. The number of nitriles is 1. The highest BCUT2D eigenvalue weighted by Crippen LogP contribution is 2.37. The summed E-state index contributed by atoms with van der Waals surface area (Å²) >= 11 is 0. The summed E-state index contributed by atoms with van der Waals surface area (Å²) in [5.74, 6) is 0.633. The smallest absolute Gasteiger partial charge is 0.257 e. The number of alkyl halides is 2. The van der Waals surface area contributed by atoms with Crippen LogP contribution < -0.4 is 9.04 Å². The van der Waals surface area contributed by atoms with Gasteiger partial charge in [0.1, 0.15) is 17.6 Å². The van der Waals surface area contributed by atoms with Crippen molar-refractivity contribution in [2.24, 2.45) is 0 Å². The number of aromatic nitrogens is 2. The molecule has 2 heterocycles.